The fraction of sp³-hybridized carbons (Fsp3) is 0.632. The van der Waals surface area contributed by atoms with Crippen LogP contribution in [0.5, 0.6) is 0 Å². The number of benzene rings is 1. The van der Waals surface area contributed by atoms with Gasteiger partial charge < -0.3 is 14.3 Å². The van der Waals surface area contributed by atoms with Gasteiger partial charge in [-0.05, 0) is 12.0 Å². The zero-order valence-electron chi connectivity index (χ0n) is 14.6. The maximum Gasteiger partial charge on any atom is 0.319 e. The van der Waals surface area contributed by atoms with E-state index in [9.17, 15) is 9.90 Å². The second-order valence-corrected chi connectivity index (χ2v) is 7.49. The van der Waals surface area contributed by atoms with Crippen LogP contribution in [0.3, 0.4) is 0 Å². The first-order chi connectivity index (χ1) is 11.0. The van der Waals surface area contributed by atoms with Crippen molar-refractivity contribution in [3.8, 4) is 0 Å². The van der Waals surface area contributed by atoms with Gasteiger partial charge in [0, 0.05) is 18.8 Å². The van der Waals surface area contributed by atoms with Gasteiger partial charge in [-0.15, -0.1) is 24.0 Å². The van der Waals surface area contributed by atoms with Crippen LogP contribution in [0.15, 0.2) is 30.3 Å². The minimum Gasteiger partial charge on any atom is -0.455 e. The van der Waals surface area contributed by atoms with Crippen LogP contribution in [0.4, 0.5) is 0 Å². The molecule has 0 amide bonds. The first-order valence-corrected chi connectivity index (χ1v) is 8.74. The first-order valence-electron chi connectivity index (χ1n) is 8.74. The molecule has 5 heteroatoms. The van der Waals surface area contributed by atoms with E-state index in [1.807, 2.05) is 37.3 Å². The number of nitrogens with zero attached hydrogens (tertiary/aromatic N) is 1. The average molecular weight is 446 g/mol. The molecule has 2 unspecified atom stereocenters. The van der Waals surface area contributed by atoms with Crippen molar-refractivity contribution < 1.29 is 19.1 Å². The first kappa shape index (κ1) is 19.7. The number of quaternary nitrogens is 1. The number of hydrogen-bond donors (Lipinski definition) is 1. The maximum atomic E-state index is 13.0. The van der Waals surface area contributed by atoms with Gasteiger partial charge in [0.05, 0.1) is 26.7 Å². The highest BCUT2D eigenvalue weighted by atomic mass is 127. The van der Waals surface area contributed by atoms with Gasteiger partial charge in [0.1, 0.15) is 12.0 Å². The Bertz CT molecular complexity index is 551. The number of hydrogen-bond acceptors (Lipinski definition) is 3. The number of aliphatic hydroxyl groups is 1. The molecule has 134 valence electrons. The molecular weight excluding hydrogens is 417 g/mol. The molecule has 0 aromatic heterocycles. The van der Waals surface area contributed by atoms with Crippen molar-refractivity contribution >= 4 is 29.9 Å². The fourth-order valence-electron chi connectivity index (χ4n) is 4.22. The Labute approximate surface area is 161 Å². The van der Waals surface area contributed by atoms with Crippen molar-refractivity contribution in [3.05, 3.63) is 35.9 Å². The lowest BCUT2D eigenvalue weighted by Crippen LogP contribution is -2.62. The van der Waals surface area contributed by atoms with Gasteiger partial charge in [-0.25, -0.2) is 0 Å². The van der Waals surface area contributed by atoms with E-state index in [-0.39, 0.29) is 42.7 Å². The quantitative estimate of drug-likeness (QED) is 0.430. The zero-order valence-corrected chi connectivity index (χ0v) is 16.9. The van der Waals surface area contributed by atoms with Crippen molar-refractivity contribution in [3.63, 3.8) is 0 Å². The van der Waals surface area contributed by atoms with Gasteiger partial charge in [-0.1, -0.05) is 37.3 Å². The van der Waals surface area contributed by atoms with Crippen LogP contribution < -0.4 is 0 Å². The van der Waals surface area contributed by atoms with Gasteiger partial charge in [0.15, 0.2) is 6.10 Å². The lowest BCUT2D eigenvalue weighted by atomic mass is 9.78. The summed E-state index contributed by atoms with van der Waals surface area (Å²) in [7, 11) is 2.26. The molecule has 3 heterocycles. The van der Waals surface area contributed by atoms with Gasteiger partial charge in [0.2, 0.25) is 0 Å². The van der Waals surface area contributed by atoms with Crippen LogP contribution in [0.25, 0.3) is 0 Å². The van der Waals surface area contributed by atoms with Crippen LogP contribution in [-0.4, -0.2) is 55.0 Å². The molecule has 0 radical (unpaired) electrons. The van der Waals surface area contributed by atoms with Crippen LogP contribution in [-0.2, 0) is 14.9 Å². The molecule has 0 spiro atoms. The van der Waals surface area contributed by atoms with E-state index in [1.165, 1.54) is 13.1 Å². The van der Waals surface area contributed by atoms with E-state index in [4.69, 9.17) is 4.74 Å². The van der Waals surface area contributed by atoms with Gasteiger partial charge >= 0.3 is 5.97 Å². The summed E-state index contributed by atoms with van der Waals surface area (Å²) in [4.78, 5) is 13.0. The lowest BCUT2D eigenvalue weighted by molar-refractivity contribution is -0.928. The molecule has 0 saturated carbocycles. The van der Waals surface area contributed by atoms with Gasteiger partial charge in [-0.2, -0.15) is 0 Å². The summed E-state index contributed by atoms with van der Waals surface area (Å²) in [6.07, 6.45) is 2.81. The number of fused-ring (bicyclic) bond motifs is 3. The van der Waals surface area contributed by atoms with E-state index < -0.39 is 5.41 Å². The highest BCUT2D eigenvalue weighted by molar-refractivity contribution is 14.0. The lowest BCUT2D eigenvalue weighted by Gasteiger charge is -2.50. The number of carbonyl (C=O) groups is 1. The molecule has 3 aliphatic rings. The molecule has 1 aromatic rings. The van der Waals surface area contributed by atoms with E-state index in [2.05, 4.69) is 7.05 Å². The predicted octanol–water partition coefficient (Wildman–Crippen LogP) is 2.73. The molecule has 24 heavy (non-hydrogen) atoms. The second kappa shape index (κ2) is 7.70. The number of likely N-dealkylation sites (N-methyl/N-ethyl adjacent to an activating group) is 1. The molecule has 2 bridgehead atoms. The number of halogens is 1. The topological polar surface area (TPSA) is 46.5 Å². The molecule has 3 aliphatic heterocycles. The van der Waals surface area contributed by atoms with E-state index in [1.54, 1.807) is 0 Å². The third-order valence-electron chi connectivity index (χ3n) is 6.07. The number of rotatable bonds is 5. The predicted molar refractivity (Wildman–Crippen MR) is 104 cm³/mol. The molecule has 3 saturated heterocycles. The van der Waals surface area contributed by atoms with Crippen LogP contribution in [0.1, 0.15) is 31.7 Å². The Kier molecular flexibility index (Phi) is 6.31. The fourth-order valence-corrected chi connectivity index (χ4v) is 4.22. The zero-order chi connectivity index (χ0) is 16.5. The van der Waals surface area contributed by atoms with Crippen molar-refractivity contribution in [2.45, 2.75) is 37.7 Å². The molecule has 4 nitrogen and oxygen atoms in total. The molecule has 0 aliphatic carbocycles. The largest absolute Gasteiger partial charge is 0.455 e. The minimum absolute atomic E-state index is 0. The molecular formula is C19H29INO3+. The number of aliphatic hydroxyl groups excluding tert-OH is 1. The summed E-state index contributed by atoms with van der Waals surface area (Å²) < 4.78 is 6.99. The minimum atomic E-state index is -0.939. The Balaban J connectivity index is 0.00000208. The summed E-state index contributed by atoms with van der Waals surface area (Å²) in [6, 6.07) is 9.55. The Morgan fingerprint density at radius 1 is 1.29 bits per heavy atom. The number of esters is 1. The summed E-state index contributed by atoms with van der Waals surface area (Å²) in [5.41, 5.74) is -0.0945. The molecule has 4 rings (SSSR count). The summed E-state index contributed by atoms with van der Waals surface area (Å²) in [5.74, 6) is 0.224. The van der Waals surface area contributed by atoms with Gasteiger partial charge in [0.25, 0.3) is 0 Å². The Morgan fingerprint density at radius 2 is 1.92 bits per heavy atom. The normalized spacial score (nSPS) is 31.0. The summed E-state index contributed by atoms with van der Waals surface area (Å²) in [6.45, 7) is 5.02. The number of ether oxygens (including phenoxy) is 1. The summed E-state index contributed by atoms with van der Waals surface area (Å²) in [5, 5.41) is 10.0. The Morgan fingerprint density at radius 3 is 2.42 bits per heavy atom. The van der Waals surface area contributed by atoms with E-state index in [0.29, 0.717) is 12.3 Å². The van der Waals surface area contributed by atoms with Crippen molar-refractivity contribution in [2.75, 3.05) is 33.3 Å². The smallest absolute Gasteiger partial charge is 0.319 e. The van der Waals surface area contributed by atoms with Crippen molar-refractivity contribution in [1.82, 2.24) is 0 Å². The van der Waals surface area contributed by atoms with Crippen LogP contribution in [0.2, 0.25) is 0 Å². The molecule has 2 atom stereocenters. The Hall–Kier alpha value is -0.660. The highest BCUT2D eigenvalue weighted by Gasteiger charge is 2.48. The van der Waals surface area contributed by atoms with Crippen molar-refractivity contribution in [2.24, 2.45) is 5.92 Å². The summed E-state index contributed by atoms with van der Waals surface area (Å²) >= 11 is 0. The second-order valence-electron chi connectivity index (χ2n) is 7.49. The maximum absolute atomic E-state index is 13.0. The van der Waals surface area contributed by atoms with Crippen molar-refractivity contribution in [1.29, 1.82) is 0 Å². The van der Waals surface area contributed by atoms with E-state index in [0.717, 1.165) is 29.4 Å². The van der Waals surface area contributed by atoms with Gasteiger partial charge in [-0.3, -0.25) is 4.79 Å². The van der Waals surface area contributed by atoms with E-state index >= 15 is 0 Å². The third-order valence-corrected chi connectivity index (χ3v) is 6.07. The monoisotopic (exact) mass is 446 g/mol. The standard InChI is InChI=1S/C19H28NO3.HI/c1-3-19(14-21,16-7-5-4-6-8-16)18(22)23-17-13-20(2)11-9-15(17)10-12-20;/h4-8,15,17,21H,3,9-14H2,1-2H3;1H/q+1;. The average Bonchev–Trinajstić information content (AvgIpc) is 2.57. The number of piperidine rings is 3. The van der Waals surface area contributed by atoms with Crippen LogP contribution >= 0.6 is 24.0 Å². The molecule has 1 aromatic carbocycles. The SMILES string of the molecule is CCC(CO)(C(=O)OC1C[N+]2(C)CCC1CC2)c1ccccc1.I. The molecule has 3 fully saturated rings. The highest BCUT2D eigenvalue weighted by Crippen LogP contribution is 2.36. The number of carbonyl (C=O) groups excluding carboxylic acids is 1. The molecule has 1 N–H and O–H groups in total. The van der Waals surface area contributed by atoms with Crippen LogP contribution in [0, 0.1) is 5.92 Å². The third kappa shape index (κ3) is 3.48.